The van der Waals surface area contributed by atoms with Crippen LogP contribution in [0.5, 0.6) is 0 Å². The zero-order valence-electron chi connectivity index (χ0n) is 13.0. The highest BCUT2D eigenvalue weighted by atomic mass is 16.1. The van der Waals surface area contributed by atoms with Gasteiger partial charge < -0.3 is 11.5 Å². The molecule has 1 rings (SSSR count). The monoisotopic (exact) mass is 269 g/mol. The zero-order chi connectivity index (χ0) is 14.6. The van der Waals surface area contributed by atoms with Gasteiger partial charge in [0.2, 0.25) is 5.91 Å². The Kier molecular flexibility index (Phi) is 5.81. The van der Waals surface area contributed by atoms with Gasteiger partial charge in [0.1, 0.15) is 0 Å². The van der Waals surface area contributed by atoms with Crippen LogP contribution in [0.25, 0.3) is 0 Å². The maximum atomic E-state index is 11.4. The summed E-state index contributed by atoms with van der Waals surface area (Å²) in [7, 11) is 0. The molecule has 4 N–H and O–H groups in total. The second-order valence-corrected chi connectivity index (χ2v) is 6.86. The van der Waals surface area contributed by atoms with Crippen molar-refractivity contribution in [3.8, 4) is 0 Å². The van der Waals surface area contributed by atoms with Crippen molar-refractivity contribution < 1.29 is 4.79 Å². The molecule has 0 radical (unpaired) electrons. The Bertz CT molecular complexity index is 296. The molecule has 0 bridgehead atoms. The van der Waals surface area contributed by atoms with Crippen LogP contribution < -0.4 is 11.5 Å². The number of hydrogen-bond donors (Lipinski definition) is 2. The Balaban J connectivity index is 2.70. The molecular weight excluding hydrogens is 238 g/mol. The topological polar surface area (TPSA) is 72.3 Å². The third-order valence-electron chi connectivity index (χ3n) is 4.22. The number of carbonyl (C=O) groups excluding carboxylic acids is 1. The van der Waals surface area contributed by atoms with Gasteiger partial charge in [-0.05, 0) is 39.0 Å². The molecule has 0 aromatic rings. The summed E-state index contributed by atoms with van der Waals surface area (Å²) in [5.74, 6) is 0.218. The maximum absolute atomic E-state index is 11.4. The van der Waals surface area contributed by atoms with Gasteiger partial charge in [-0.25, -0.2) is 0 Å². The van der Waals surface area contributed by atoms with E-state index in [-0.39, 0.29) is 0 Å². The predicted octanol–water partition coefficient (Wildman–Crippen LogP) is 1.87. The van der Waals surface area contributed by atoms with Crippen molar-refractivity contribution in [3.05, 3.63) is 0 Å². The molecule has 2 atom stereocenters. The second kappa shape index (κ2) is 6.71. The second-order valence-electron chi connectivity index (χ2n) is 6.86. The molecular formula is C15H31N3O. The Hall–Kier alpha value is -0.610. The van der Waals surface area contributed by atoms with Gasteiger partial charge in [0.05, 0.1) is 5.54 Å². The van der Waals surface area contributed by atoms with Gasteiger partial charge in [0.15, 0.2) is 0 Å². The van der Waals surface area contributed by atoms with E-state index in [2.05, 4.69) is 25.7 Å². The number of amides is 1. The highest BCUT2D eigenvalue weighted by molar-refractivity contribution is 5.83. The van der Waals surface area contributed by atoms with E-state index in [9.17, 15) is 4.79 Å². The highest BCUT2D eigenvalue weighted by Crippen LogP contribution is 2.28. The molecule has 1 saturated carbocycles. The fourth-order valence-corrected chi connectivity index (χ4v) is 3.18. The summed E-state index contributed by atoms with van der Waals surface area (Å²) in [6, 6.07) is 0.953. The summed E-state index contributed by atoms with van der Waals surface area (Å²) in [4.78, 5) is 13.9. The lowest BCUT2D eigenvalue weighted by molar-refractivity contribution is -0.123. The summed E-state index contributed by atoms with van der Waals surface area (Å²) >= 11 is 0. The largest absolute Gasteiger partial charge is 0.368 e. The molecule has 1 aliphatic carbocycles. The molecule has 1 amide bonds. The van der Waals surface area contributed by atoms with E-state index < -0.39 is 11.4 Å². The van der Waals surface area contributed by atoms with Crippen LogP contribution in [-0.2, 0) is 4.79 Å². The first kappa shape index (κ1) is 16.4. The SMILES string of the molecule is CC(C)CN(C(C)CC(C)(N)C(N)=O)C1CCCC1. The molecule has 4 nitrogen and oxygen atoms in total. The third-order valence-corrected chi connectivity index (χ3v) is 4.22. The summed E-state index contributed by atoms with van der Waals surface area (Å²) in [5, 5.41) is 0. The summed E-state index contributed by atoms with van der Waals surface area (Å²) in [5.41, 5.74) is 10.5. The van der Waals surface area contributed by atoms with Gasteiger partial charge >= 0.3 is 0 Å². The van der Waals surface area contributed by atoms with Crippen LogP contribution in [0.2, 0.25) is 0 Å². The molecule has 1 fully saturated rings. The fraction of sp³-hybridized carbons (Fsp3) is 0.933. The first-order chi connectivity index (χ1) is 8.74. The predicted molar refractivity (Wildman–Crippen MR) is 79.7 cm³/mol. The van der Waals surface area contributed by atoms with Crippen LogP contribution >= 0.6 is 0 Å². The number of hydrogen-bond acceptors (Lipinski definition) is 3. The third kappa shape index (κ3) is 4.77. The number of rotatable bonds is 7. The summed E-state index contributed by atoms with van der Waals surface area (Å²) < 4.78 is 0. The number of carbonyl (C=O) groups is 1. The quantitative estimate of drug-likeness (QED) is 0.741. The van der Waals surface area contributed by atoms with Crippen LogP contribution in [0.1, 0.15) is 59.8 Å². The maximum Gasteiger partial charge on any atom is 0.237 e. The van der Waals surface area contributed by atoms with E-state index in [0.29, 0.717) is 24.4 Å². The molecule has 1 aliphatic rings. The lowest BCUT2D eigenvalue weighted by Gasteiger charge is -2.38. The van der Waals surface area contributed by atoms with Gasteiger partial charge in [0.25, 0.3) is 0 Å². The lowest BCUT2D eigenvalue weighted by atomic mass is 9.92. The van der Waals surface area contributed by atoms with Crippen molar-refractivity contribution in [2.24, 2.45) is 17.4 Å². The van der Waals surface area contributed by atoms with Crippen molar-refractivity contribution in [1.82, 2.24) is 4.90 Å². The minimum absolute atomic E-state index is 0.299. The molecule has 0 spiro atoms. The fourth-order valence-electron chi connectivity index (χ4n) is 3.18. The minimum Gasteiger partial charge on any atom is -0.368 e. The molecule has 0 aromatic carbocycles. The van der Waals surface area contributed by atoms with Gasteiger partial charge in [-0.3, -0.25) is 9.69 Å². The standard InChI is InChI=1S/C15H31N3O/c1-11(2)10-18(13-7-5-6-8-13)12(3)9-15(4,17)14(16)19/h11-13H,5-10,17H2,1-4H3,(H2,16,19). The normalized spacial score (nSPS) is 21.8. The van der Waals surface area contributed by atoms with E-state index in [1.54, 1.807) is 6.92 Å². The number of nitrogens with two attached hydrogens (primary N) is 2. The van der Waals surface area contributed by atoms with E-state index in [1.807, 2.05) is 0 Å². The van der Waals surface area contributed by atoms with Gasteiger partial charge in [-0.15, -0.1) is 0 Å². The Morgan fingerprint density at radius 1 is 1.32 bits per heavy atom. The van der Waals surface area contributed by atoms with Gasteiger partial charge in [-0.1, -0.05) is 26.7 Å². The van der Waals surface area contributed by atoms with E-state index in [4.69, 9.17) is 11.5 Å². The molecule has 19 heavy (non-hydrogen) atoms. The molecule has 0 aromatic heterocycles. The average Bonchev–Trinajstić information content (AvgIpc) is 2.77. The Morgan fingerprint density at radius 3 is 2.26 bits per heavy atom. The Morgan fingerprint density at radius 2 is 1.84 bits per heavy atom. The van der Waals surface area contributed by atoms with E-state index in [1.165, 1.54) is 25.7 Å². The molecule has 0 heterocycles. The summed E-state index contributed by atoms with van der Waals surface area (Å²) in [6.07, 6.45) is 5.82. The zero-order valence-corrected chi connectivity index (χ0v) is 13.0. The van der Waals surface area contributed by atoms with E-state index >= 15 is 0 Å². The van der Waals surface area contributed by atoms with Crippen LogP contribution in [-0.4, -0.2) is 35.0 Å². The molecule has 2 unspecified atom stereocenters. The van der Waals surface area contributed by atoms with Crippen molar-refractivity contribution in [1.29, 1.82) is 0 Å². The van der Waals surface area contributed by atoms with Crippen molar-refractivity contribution in [2.75, 3.05) is 6.54 Å². The molecule has 4 heteroatoms. The average molecular weight is 269 g/mol. The first-order valence-electron chi connectivity index (χ1n) is 7.58. The smallest absolute Gasteiger partial charge is 0.237 e. The number of nitrogens with zero attached hydrogens (tertiary/aromatic N) is 1. The van der Waals surface area contributed by atoms with Crippen molar-refractivity contribution in [2.45, 2.75) is 77.4 Å². The first-order valence-corrected chi connectivity index (χ1v) is 7.58. The minimum atomic E-state index is -0.909. The molecule has 112 valence electrons. The highest BCUT2D eigenvalue weighted by Gasteiger charge is 2.33. The van der Waals surface area contributed by atoms with Crippen molar-refractivity contribution >= 4 is 5.91 Å². The van der Waals surface area contributed by atoms with Gasteiger partial charge in [0, 0.05) is 18.6 Å². The lowest BCUT2D eigenvalue weighted by Crippen LogP contribution is -2.54. The van der Waals surface area contributed by atoms with Crippen LogP contribution in [0, 0.1) is 5.92 Å². The molecule has 0 saturated heterocycles. The molecule has 0 aliphatic heterocycles. The number of primary amides is 1. The van der Waals surface area contributed by atoms with E-state index in [0.717, 1.165) is 6.54 Å². The van der Waals surface area contributed by atoms with Crippen LogP contribution in [0.15, 0.2) is 0 Å². The van der Waals surface area contributed by atoms with Crippen LogP contribution in [0.3, 0.4) is 0 Å². The van der Waals surface area contributed by atoms with Crippen LogP contribution in [0.4, 0.5) is 0 Å². The Labute approximate surface area is 117 Å². The van der Waals surface area contributed by atoms with Crippen molar-refractivity contribution in [3.63, 3.8) is 0 Å². The van der Waals surface area contributed by atoms with Gasteiger partial charge in [-0.2, -0.15) is 0 Å². The summed E-state index contributed by atoms with van der Waals surface area (Å²) in [6.45, 7) is 9.47.